The number of nitrogens with zero attached hydrogens (tertiary/aromatic N) is 1. The Hall–Kier alpha value is -3.78. The van der Waals surface area contributed by atoms with Crippen molar-refractivity contribution in [2.75, 3.05) is 6.61 Å². The molecule has 0 bridgehead atoms. The van der Waals surface area contributed by atoms with Crippen LogP contribution in [0.2, 0.25) is 0 Å². The fraction of sp³-hybridized carbons (Fsp3) is 0.280. The van der Waals surface area contributed by atoms with Crippen molar-refractivity contribution in [2.24, 2.45) is 5.41 Å². The molecule has 0 aliphatic heterocycles. The Morgan fingerprint density at radius 3 is 2.24 bits per heavy atom. The Morgan fingerprint density at radius 1 is 1.06 bits per heavy atom. The molecule has 0 spiro atoms. The largest absolute Gasteiger partial charge is 0.481 e. The van der Waals surface area contributed by atoms with Gasteiger partial charge < -0.3 is 15.5 Å². The van der Waals surface area contributed by atoms with Gasteiger partial charge >= 0.3 is 5.97 Å². The maximum absolute atomic E-state index is 12.8. The van der Waals surface area contributed by atoms with E-state index in [1.54, 1.807) is 0 Å². The van der Waals surface area contributed by atoms with E-state index in [2.05, 4.69) is 15.5 Å². The number of carboxylic acids is 1. The Balaban J connectivity index is 1.81. The molecule has 2 aromatic carbocycles. The number of ketones is 1. The van der Waals surface area contributed by atoms with E-state index < -0.39 is 29.9 Å². The first kappa shape index (κ1) is 23.9. The number of carboxylic acid groups (broad SMARTS) is 1. The molecule has 0 aliphatic carbocycles. The molecule has 33 heavy (non-hydrogen) atoms. The first-order chi connectivity index (χ1) is 15.7. The summed E-state index contributed by atoms with van der Waals surface area (Å²) in [7, 11) is 0. The zero-order chi connectivity index (χ0) is 24.0. The number of Topliss-reactive ketones (excluding diaryl/α,β-unsaturated/α-hetero) is 1. The van der Waals surface area contributed by atoms with Crippen molar-refractivity contribution in [3.63, 3.8) is 0 Å². The zero-order valence-electron chi connectivity index (χ0n) is 18.5. The first-order valence-electron chi connectivity index (χ1n) is 10.6. The van der Waals surface area contributed by atoms with Crippen LogP contribution in [0.25, 0.3) is 11.1 Å². The number of aliphatic carboxylic acids is 1. The van der Waals surface area contributed by atoms with E-state index in [0.29, 0.717) is 6.42 Å². The number of aliphatic hydroxyl groups is 1. The van der Waals surface area contributed by atoms with Gasteiger partial charge in [-0.15, -0.1) is 0 Å². The van der Waals surface area contributed by atoms with Gasteiger partial charge in [-0.3, -0.25) is 19.5 Å². The minimum Gasteiger partial charge on any atom is -0.481 e. The monoisotopic (exact) mass is 449 g/mol. The predicted molar refractivity (Wildman–Crippen MR) is 123 cm³/mol. The number of carbonyl (C=O) groups excluding carboxylic acids is 2. The maximum atomic E-state index is 12.8. The van der Waals surface area contributed by atoms with Crippen molar-refractivity contribution in [1.29, 1.82) is 0 Å². The zero-order valence-corrected chi connectivity index (χ0v) is 18.5. The molecule has 8 heteroatoms. The summed E-state index contributed by atoms with van der Waals surface area (Å²) in [6.45, 7) is 2.22. The molecule has 0 saturated heterocycles. The van der Waals surface area contributed by atoms with E-state index in [9.17, 15) is 24.6 Å². The Bertz CT molecular complexity index is 1120. The van der Waals surface area contributed by atoms with Crippen LogP contribution in [0.5, 0.6) is 0 Å². The predicted octanol–water partition coefficient (Wildman–Crippen LogP) is 3.09. The second-order valence-corrected chi connectivity index (χ2v) is 8.39. The molecule has 0 radical (unpaired) electrons. The summed E-state index contributed by atoms with van der Waals surface area (Å²) in [5.41, 5.74) is 1.83. The molecular weight excluding hydrogens is 422 g/mol. The number of nitrogens with one attached hydrogen (secondary N) is 2. The summed E-state index contributed by atoms with van der Waals surface area (Å²) in [6, 6.07) is 18.5. The van der Waals surface area contributed by atoms with Gasteiger partial charge in [0, 0.05) is 13.0 Å². The standard InChI is InChI=1S/C25H27N3O5/c1-16(30)21-13-22(28-27-21)23(31)26-20(14-25(2,15-29)24(32)33)12-17-8-10-19(11-9-17)18-6-4-3-5-7-18/h3-11,13,20,29H,12,14-15H2,1-2H3,(H,26,31)(H,27,28)(H,32,33)/t20-,25+/m1/s1. The number of aromatic nitrogens is 2. The molecule has 1 heterocycles. The van der Waals surface area contributed by atoms with E-state index in [1.165, 1.54) is 19.9 Å². The second kappa shape index (κ2) is 10.2. The lowest BCUT2D eigenvalue weighted by molar-refractivity contribution is -0.151. The third kappa shape index (κ3) is 5.93. The summed E-state index contributed by atoms with van der Waals surface area (Å²) in [5, 5.41) is 28.5. The van der Waals surface area contributed by atoms with Gasteiger partial charge in [-0.05, 0) is 42.5 Å². The Kier molecular flexibility index (Phi) is 7.40. The number of aromatic amines is 1. The van der Waals surface area contributed by atoms with Gasteiger partial charge in [0.1, 0.15) is 11.4 Å². The van der Waals surface area contributed by atoms with Gasteiger partial charge in [0.2, 0.25) is 0 Å². The van der Waals surface area contributed by atoms with E-state index in [0.717, 1.165) is 16.7 Å². The quantitative estimate of drug-likeness (QED) is 0.352. The first-order valence-corrected chi connectivity index (χ1v) is 10.6. The Morgan fingerprint density at radius 2 is 1.70 bits per heavy atom. The summed E-state index contributed by atoms with van der Waals surface area (Å²) in [4.78, 5) is 36.0. The molecule has 8 nitrogen and oxygen atoms in total. The summed E-state index contributed by atoms with van der Waals surface area (Å²) in [5.74, 6) is -1.94. The molecular formula is C25H27N3O5. The highest BCUT2D eigenvalue weighted by atomic mass is 16.4. The molecule has 4 N–H and O–H groups in total. The van der Waals surface area contributed by atoms with E-state index in [1.807, 2.05) is 54.6 Å². The smallest absolute Gasteiger partial charge is 0.311 e. The topological polar surface area (TPSA) is 132 Å². The molecule has 1 amide bonds. The summed E-state index contributed by atoms with van der Waals surface area (Å²) in [6.07, 6.45) is 0.371. The minimum atomic E-state index is -1.43. The molecule has 1 aromatic heterocycles. The SMILES string of the molecule is CC(=O)c1cc(C(=O)N[C@H](Cc2ccc(-c3ccccc3)cc2)C[C@@](C)(CO)C(=O)O)[nH]n1. The van der Waals surface area contributed by atoms with E-state index in [-0.39, 0.29) is 23.6 Å². The fourth-order valence-corrected chi connectivity index (χ4v) is 3.57. The number of amides is 1. The van der Waals surface area contributed by atoms with E-state index >= 15 is 0 Å². The average Bonchev–Trinajstić information content (AvgIpc) is 3.31. The number of hydrogen-bond donors (Lipinski definition) is 4. The lowest BCUT2D eigenvalue weighted by Crippen LogP contribution is -2.44. The third-order valence-electron chi connectivity index (χ3n) is 5.62. The van der Waals surface area contributed by atoms with Crippen molar-refractivity contribution < 1.29 is 24.6 Å². The van der Waals surface area contributed by atoms with Gasteiger partial charge in [0.05, 0.1) is 12.0 Å². The van der Waals surface area contributed by atoms with Gasteiger partial charge in [0.15, 0.2) is 5.78 Å². The molecule has 2 atom stereocenters. The average molecular weight is 450 g/mol. The lowest BCUT2D eigenvalue weighted by Gasteiger charge is -2.28. The van der Waals surface area contributed by atoms with Gasteiger partial charge in [-0.1, -0.05) is 54.6 Å². The summed E-state index contributed by atoms with van der Waals surface area (Å²) < 4.78 is 0. The van der Waals surface area contributed by atoms with E-state index in [4.69, 9.17) is 0 Å². The highest BCUT2D eigenvalue weighted by molar-refractivity contribution is 5.97. The van der Waals surface area contributed by atoms with Crippen LogP contribution in [0.3, 0.4) is 0 Å². The molecule has 3 rings (SSSR count). The van der Waals surface area contributed by atoms with Crippen molar-refractivity contribution in [3.8, 4) is 11.1 Å². The molecule has 0 saturated carbocycles. The van der Waals surface area contributed by atoms with Gasteiger partial charge in [0.25, 0.3) is 5.91 Å². The highest BCUT2D eigenvalue weighted by Gasteiger charge is 2.36. The van der Waals surface area contributed by atoms with Crippen molar-refractivity contribution >= 4 is 17.7 Å². The molecule has 0 unspecified atom stereocenters. The number of benzene rings is 2. The number of rotatable bonds is 10. The number of aliphatic hydroxyl groups excluding tert-OH is 1. The van der Waals surface area contributed by atoms with Crippen LogP contribution < -0.4 is 5.32 Å². The van der Waals surface area contributed by atoms with Crippen LogP contribution in [0.4, 0.5) is 0 Å². The van der Waals surface area contributed by atoms with Crippen LogP contribution in [0, 0.1) is 5.41 Å². The van der Waals surface area contributed by atoms with Crippen LogP contribution in [-0.2, 0) is 11.2 Å². The van der Waals surface area contributed by atoms with Crippen LogP contribution >= 0.6 is 0 Å². The molecule has 3 aromatic rings. The van der Waals surface area contributed by atoms with Crippen molar-refractivity contribution in [1.82, 2.24) is 15.5 Å². The van der Waals surface area contributed by atoms with Crippen LogP contribution in [-0.4, -0.2) is 50.7 Å². The molecule has 172 valence electrons. The third-order valence-corrected chi connectivity index (χ3v) is 5.62. The number of hydrogen-bond acceptors (Lipinski definition) is 5. The Labute approximate surface area is 191 Å². The molecule has 0 aliphatic rings. The van der Waals surface area contributed by atoms with Crippen molar-refractivity contribution in [3.05, 3.63) is 77.6 Å². The number of H-pyrrole nitrogens is 1. The fourth-order valence-electron chi connectivity index (χ4n) is 3.57. The van der Waals surface area contributed by atoms with Gasteiger partial charge in [-0.2, -0.15) is 5.10 Å². The lowest BCUT2D eigenvalue weighted by atomic mass is 9.82. The maximum Gasteiger partial charge on any atom is 0.311 e. The molecule has 0 fully saturated rings. The second-order valence-electron chi connectivity index (χ2n) is 8.39. The highest BCUT2D eigenvalue weighted by Crippen LogP contribution is 2.26. The minimum absolute atomic E-state index is 0.0126. The number of carbonyl (C=O) groups is 3. The summed E-state index contributed by atoms with van der Waals surface area (Å²) >= 11 is 0. The van der Waals surface area contributed by atoms with Crippen molar-refractivity contribution in [2.45, 2.75) is 32.7 Å². The normalized spacial score (nSPS) is 13.7. The van der Waals surface area contributed by atoms with Gasteiger partial charge in [-0.25, -0.2) is 0 Å². The van der Waals surface area contributed by atoms with Crippen LogP contribution in [0.15, 0.2) is 60.7 Å². The van der Waals surface area contributed by atoms with Crippen LogP contribution in [0.1, 0.15) is 46.8 Å².